The molecular weight excluding hydrogens is 548 g/mol. The van der Waals surface area contributed by atoms with Gasteiger partial charge in [0.25, 0.3) is 5.91 Å². The molecule has 0 saturated carbocycles. The summed E-state index contributed by atoms with van der Waals surface area (Å²) in [5, 5.41) is 23.9. The van der Waals surface area contributed by atoms with Gasteiger partial charge in [-0.1, -0.05) is 56.8 Å². The molecule has 1 aromatic heterocycles. The number of nitrogens with one attached hydrogen (secondary N) is 1. The number of hydrogen-bond donors (Lipinski definition) is 2. The Morgan fingerprint density at radius 1 is 1.05 bits per heavy atom. The van der Waals surface area contributed by atoms with Gasteiger partial charge in [-0.2, -0.15) is 5.10 Å². The molecule has 0 aliphatic rings. The lowest BCUT2D eigenvalue weighted by Crippen LogP contribution is -2.21. The second-order valence-electron chi connectivity index (χ2n) is 10.7. The van der Waals surface area contributed by atoms with E-state index < -0.39 is 0 Å². The average molecular weight is 587 g/mol. The van der Waals surface area contributed by atoms with Crippen LogP contribution in [0.15, 0.2) is 77.0 Å². The third-order valence-corrected chi connectivity index (χ3v) is 7.77. The van der Waals surface area contributed by atoms with Crippen LogP contribution in [-0.2, 0) is 10.2 Å². The molecule has 3 aromatic carbocycles. The fraction of sp³-hybridized carbons (Fsp3) is 0.312. The highest BCUT2D eigenvalue weighted by atomic mass is 32.2. The molecule has 0 unspecified atom stereocenters. The Balaban J connectivity index is 1.50. The Labute approximate surface area is 251 Å². The molecule has 9 nitrogen and oxygen atoms in total. The van der Waals surface area contributed by atoms with Gasteiger partial charge < -0.3 is 14.7 Å². The summed E-state index contributed by atoms with van der Waals surface area (Å²) in [7, 11) is 1.63. The number of ether oxygens (including phenoxy) is 1. The number of anilines is 1. The number of aromatic nitrogens is 3. The number of nitrogens with zero attached hydrogens (tertiary/aromatic N) is 5. The van der Waals surface area contributed by atoms with Crippen LogP contribution in [0.1, 0.15) is 45.7 Å². The van der Waals surface area contributed by atoms with Crippen molar-refractivity contribution >= 4 is 29.6 Å². The Morgan fingerprint density at radius 2 is 1.74 bits per heavy atom. The summed E-state index contributed by atoms with van der Waals surface area (Å²) in [4.78, 5) is 14.8. The summed E-state index contributed by atoms with van der Waals surface area (Å²) in [6.45, 7) is 12.3. The number of carbonyl (C=O) groups excluding carboxylic acids is 1. The van der Waals surface area contributed by atoms with Gasteiger partial charge in [-0.25, -0.2) is 5.43 Å². The van der Waals surface area contributed by atoms with Crippen LogP contribution in [-0.4, -0.2) is 57.9 Å². The first-order chi connectivity index (χ1) is 20.1. The van der Waals surface area contributed by atoms with Crippen molar-refractivity contribution in [1.82, 2.24) is 20.2 Å². The SMILES string of the molecule is CCN(CC)c1ccc(C=NNC(=O)CSc2nnc(-c3ccc(C(C)(C)C)cc3)n2-c2ccc(OC)cc2)c(O)c1. The van der Waals surface area contributed by atoms with Gasteiger partial charge in [0.05, 0.1) is 19.1 Å². The minimum Gasteiger partial charge on any atom is -0.507 e. The quantitative estimate of drug-likeness (QED) is 0.126. The Morgan fingerprint density at radius 3 is 2.33 bits per heavy atom. The van der Waals surface area contributed by atoms with E-state index >= 15 is 0 Å². The molecule has 0 atom stereocenters. The average Bonchev–Trinajstić information content (AvgIpc) is 3.41. The summed E-state index contributed by atoms with van der Waals surface area (Å²) in [6.07, 6.45) is 1.43. The maximum absolute atomic E-state index is 12.7. The highest BCUT2D eigenvalue weighted by Crippen LogP contribution is 2.31. The standard InChI is InChI=1S/C32H38N6O3S/c1-7-37(8-2)26-14-11-23(28(39)19-26)20-33-34-29(40)21-42-31-36-35-30(22-9-12-24(13-10-22)32(3,4)5)38(31)25-15-17-27(41-6)18-16-25/h9-20,39H,7-8,21H2,1-6H3,(H,34,40). The van der Waals surface area contributed by atoms with E-state index in [-0.39, 0.29) is 22.8 Å². The lowest BCUT2D eigenvalue weighted by atomic mass is 9.87. The third-order valence-electron chi connectivity index (χ3n) is 6.84. The Hall–Kier alpha value is -4.31. The zero-order chi connectivity index (χ0) is 30.3. The molecular formula is C32H38N6O3S. The van der Waals surface area contributed by atoms with Crippen molar-refractivity contribution < 1.29 is 14.6 Å². The second-order valence-corrected chi connectivity index (χ2v) is 11.6. The second kappa shape index (κ2) is 13.6. The smallest absolute Gasteiger partial charge is 0.250 e. The zero-order valence-corrected chi connectivity index (χ0v) is 25.8. The van der Waals surface area contributed by atoms with Gasteiger partial charge in [-0.15, -0.1) is 10.2 Å². The van der Waals surface area contributed by atoms with E-state index in [0.29, 0.717) is 16.5 Å². The first-order valence-corrected chi connectivity index (χ1v) is 14.9. The van der Waals surface area contributed by atoms with Crippen LogP contribution in [0.4, 0.5) is 5.69 Å². The number of hydrogen-bond acceptors (Lipinski definition) is 8. The van der Waals surface area contributed by atoms with Crippen molar-refractivity contribution in [3.8, 4) is 28.6 Å². The van der Waals surface area contributed by atoms with Gasteiger partial charge in [-0.05, 0) is 61.2 Å². The van der Waals surface area contributed by atoms with Gasteiger partial charge >= 0.3 is 0 Å². The molecule has 0 radical (unpaired) electrons. The van der Waals surface area contributed by atoms with Crippen LogP contribution in [0.25, 0.3) is 17.1 Å². The number of carbonyl (C=O) groups is 1. The molecule has 0 bridgehead atoms. The van der Waals surface area contributed by atoms with Crippen molar-refractivity contribution in [2.24, 2.45) is 5.10 Å². The normalized spacial score (nSPS) is 11.6. The van der Waals surface area contributed by atoms with Crippen molar-refractivity contribution in [2.45, 2.75) is 45.2 Å². The van der Waals surface area contributed by atoms with Crippen LogP contribution >= 0.6 is 11.8 Å². The van der Waals surface area contributed by atoms with Gasteiger partial charge in [0.1, 0.15) is 11.5 Å². The first kappa shape index (κ1) is 30.6. The van der Waals surface area contributed by atoms with Gasteiger partial charge in [0, 0.05) is 41.7 Å². The molecule has 220 valence electrons. The third kappa shape index (κ3) is 7.30. The molecule has 2 N–H and O–H groups in total. The monoisotopic (exact) mass is 586 g/mol. The van der Waals surface area contributed by atoms with Crippen LogP contribution in [0, 0.1) is 0 Å². The van der Waals surface area contributed by atoms with E-state index in [1.807, 2.05) is 47.0 Å². The molecule has 4 rings (SSSR count). The number of aromatic hydroxyl groups is 1. The summed E-state index contributed by atoms with van der Waals surface area (Å²) >= 11 is 1.26. The van der Waals surface area contributed by atoms with Crippen molar-refractivity contribution in [3.05, 3.63) is 77.9 Å². The summed E-state index contributed by atoms with van der Waals surface area (Å²) in [5.74, 6) is 1.27. The minimum absolute atomic E-state index is 0.0343. The predicted octanol–water partition coefficient (Wildman–Crippen LogP) is 6.03. The minimum atomic E-state index is -0.309. The number of methoxy groups -OCH3 is 1. The predicted molar refractivity (Wildman–Crippen MR) is 170 cm³/mol. The summed E-state index contributed by atoms with van der Waals surface area (Å²) < 4.78 is 7.26. The lowest BCUT2D eigenvalue weighted by molar-refractivity contribution is -0.118. The summed E-state index contributed by atoms with van der Waals surface area (Å²) in [5.41, 5.74) is 7.00. The molecule has 1 heterocycles. The number of thioether (sulfide) groups is 1. The van der Waals surface area contributed by atoms with Crippen LogP contribution < -0.4 is 15.1 Å². The number of phenols is 1. The largest absolute Gasteiger partial charge is 0.507 e. The molecule has 42 heavy (non-hydrogen) atoms. The van der Waals surface area contributed by atoms with Gasteiger partial charge in [0.15, 0.2) is 11.0 Å². The van der Waals surface area contributed by atoms with Crippen LogP contribution in [0.3, 0.4) is 0 Å². The molecule has 4 aromatic rings. The van der Waals surface area contributed by atoms with E-state index in [9.17, 15) is 9.90 Å². The molecule has 0 aliphatic heterocycles. The number of rotatable bonds is 11. The Kier molecular flexibility index (Phi) is 9.90. The topological polar surface area (TPSA) is 105 Å². The van der Waals surface area contributed by atoms with Crippen molar-refractivity contribution in [2.75, 3.05) is 30.9 Å². The highest BCUT2D eigenvalue weighted by Gasteiger charge is 2.19. The van der Waals surface area contributed by atoms with Crippen molar-refractivity contribution in [3.63, 3.8) is 0 Å². The molecule has 1 amide bonds. The number of benzene rings is 3. The first-order valence-electron chi connectivity index (χ1n) is 13.9. The number of phenolic OH excluding ortho intramolecular Hbond substituents is 1. The van der Waals surface area contributed by atoms with Crippen molar-refractivity contribution in [1.29, 1.82) is 0 Å². The van der Waals surface area contributed by atoms with Crippen LogP contribution in [0.2, 0.25) is 0 Å². The fourth-order valence-electron chi connectivity index (χ4n) is 4.40. The zero-order valence-electron chi connectivity index (χ0n) is 25.0. The van der Waals surface area contributed by atoms with E-state index in [1.165, 1.54) is 23.5 Å². The highest BCUT2D eigenvalue weighted by molar-refractivity contribution is 7.99. The number of hydrazone groups is 1. The van der Waals surface area contributed by atoms with E-state index in [0.717, 1.165) is 35.8 Å². The molecule has 0 spiro atoms. The van der Waals surface area contributed by atoms with E-state index in [2.05, 4.69) is 72.4 Å². The molecule has 0 aliphatic carbocycles. The number of amides is 1. The lowest BCUT2D eigenvalue weighted by Gasteiger charge is -2.21. The molecule has 10 heteroatoms. The van der Waals surface area contributed by atoms with E-state index in [4.69, 9.17) is 4.74 Å². The molecule has 0 saturated heterocycles. The van der Waals surface area contributed by atoms with E-state index in [1.54, 1.807) is 19.2 Å². The van der Waals surface area contributed by atoms with Gasteiger partial charge in [-0.3, -0.25) is 9.36 Å². The maximum Gasteiger partial charge on any atom is 0.250 e. The molecule has 0 fully saturated rings. The maximum atomic E-state index is 12.7. The van der Waals surface area contributed by atoms with Gasteiger partial charge in [0.2, 0.25) is 0 Å². The fourth-order valence-corrected chi connectivity index (χ4v) is 5.14. The Bertz CT molecular complexity index is 1520. The van der Waals surface area contributed by atoms with Crippen LogP contribution in [0.5, 0.6) is 11.5 Å². The summed E-state index contributed by atoms with van der Waals surface area (Å²) in [6, 6.07) is 21.3.